The number of nitrogens with two attached hydrogens (primary N) is 1. The van der Waals surface area contributed by atoms with E-state index >= 15 is 0 Å². The highest BCUT2D eigenvalue weighted by Crippen LogP contribution is 2.29. The minimum absolute atomic E-state index is 0.0288. The Bertz CT molecular complexity index is 463. The maximum absolute atomic E-state index is 5.74. The summed E-state index contributed by atoms with van der Waals surface area (Å²) >= 11 is 0. The Morgan fingerprint density at radius 1 is 1.29 bits per heavy atom. The van der Waals surface area contributed by atoms with Crippen molar-refractivity contribution < 1.29 is 0 Å². The quantitative estimate of drug-likeness (QED) is 0.835. The molecular weight excluding hydrogens is 230 g/mol. The van der Waals surface area contributed by atoms with Crippen LogP contribution in [0.15, 0.2) is 35.4 Å². The number of hydrogen-bond acceptors (Lipinski definition) is 3. The fraction of sp³-hybridized carbons (Fsp3) is 0.385. The van der Waals surface area contributed by atoms with Gasteiger partial charge in [0, 0.05) is 4.86 Å². The highest BCUT2D eigenvalue weighted by atomic mass is 32.2. The number of hydrazone groups is 1. The van der Waals surface area contributed by atoms with Crippen LogP contribution in [0.4, 0.5) is 0 Å². The lowest BCUT2D eigenvalue weighted by Gasteiger charge is -2.14. The molecule has 0 saturated heterocycles. The molecule has 0 spiro atoms. The Hall–Kier alpha value is -1.13. The molecule has 0 bridgehead atoms. The van der Waals surface area contributed by atoms with Crippen LogP contribution in [-0.2, 0) is 0 Å². The van der Waals surface area contributed by atoms with E-state index in [1.54, 1.807) is 0 Å². The van der Waals surface area contributed by atoms with Gasteiger partial charge in [0.2, 0.25) is 0 Å². The van der Waals surface area contributed by atoms with E-state index in [9.17, 15) is 0 Å². The van der Waals surface area contributed by atoms with Crippen LogP contribution in [-0.4, -0.2) is 27.9 Å². The molecule has 1 heterocycles. The fourth-order valence-corrected chi connectivity index (χ4v) is 3.62. The summed E-state index contributed by atoms with van der Waals surface area (Å²) in [6, 6.07) is 10.5. The van der Waals surface area contributed by atoms with Gasteiger partial charge in [-0.1, -0.05) is 54.8 Å². The third-order valence-electron chi connectivity index (χ3n) is 2.80. The molecule has 0 amide bonds. The second kappa shape index (κ2) is 5.02. The van der Waals surface area contributed by atoms with Crippen LogP contribution in [0, 0.1) is 5.92 Å². The van der Waals surface area contributed by atoms with E-state index in [1.165, 1.54) is 16.1 Å². The molecule has 0 aromatic heterocycles. The Morgan fingerprint density at radius 3 is 2.47 bits per heavy atom. The van der Waals surface area contributed by atoms with Crippen molar-refractivity contribution in [3.63, 3.8) is 0 Å². The molecule has 1 aromatic carbocycles. The van der Waals surface area contributed by atoms with Gasteiger partial charge in [0.05, 0.1) is 12.4 Å². The van der Waals surface area contributed by atoms with E-state index in [4.69, 9.17) is 5.73 Å². The number of benzene rings is 1. The molecule has 1 aromatic rings. The van der Waals surface area contributed by atoms with Gasteiger partial charge in [0.1, 0.15) is 0 Å². The van der Waals surface area contributed by atoms with Crippen LogP contribution in [0.2, 0.25) is 0 Å². The first-order valence-corrected chi connectivity index (χ1v) is 7.39. The second-order valence-corrected chi connectivity index (χ2v) is 6.13. The van der Waals surface area contributed by atoms with Gasteiger partial charge in [-0.25, -0.2) is 4.41 Å². The van der Waals surface area contributed by atoms with E-state index < -0.39 is 0 Å². The van der Waals surface area contributed by atoms with E-state index in [-0.39, 0.29) is 10.7 Å². The monoisotopic (exact) mass is 249 g/mol. The second-order valence-electron chi connectivity index (χ2n) is 4.35. The third-order valence-corrected chi connectivity index (χ3v) is 4.70. The van der Waals surface area contributed by atoms with Crippen LogP contribution >= 0.6 is 10.7 Å². The van der Waals surface area contributed by atoms with Gasteiger partial charge in [-0.15, -0.1) is 0 Å². The maximum atomic E-state index is 5.74. The highest BCUT2D eigenvalue weighted by molar-refractivity contribution is 8.15. The first kappa shape index (κ1) is 12.3. The third kappa shape index (κ3) is 2.28. The van der Waals surface area contributed by atoms with Gasteiger partial charge in [0.15, 0.2) is 0 Å². The molecule has 17 heavy (non-hydrogen) atoms. The number of nitrogens with zero attached hydrogens (tertiary/aromatic N) is 2. The van der Waals surface area contributed by atoms with Gasteiger partial charge in [-0.2, -0.15) is 5.10 Å². The molecule has 1 aliphatic heterocycles. The molecule has 92 valence electrons. The smallest absolute Gasteiger partial charge is 0.0946 e. The highest BCUT2D eigenvalue weighted by Gasteiger charge is 2.24. The van der Waals surface area contributed by atoms with E-state index in [1.807, 2.05) is 10.5 Å². The lowest BCUT2D eigenvalue weighted by molar-refractivity contribution is 0.519. The Morgan fingerprint density at radius 2 is 1.94 bits per heavy atom. The van der Waals surface area contributed by atoms with Crippen molar-refractivity contribution in [3.8, 4) is 0 Å². The van der Waals surface area contributed by atoms with E-state index in [2.05, 4.69) is 49.5 Å². The van der Waals surface area contributed by atoms with Crippen LogP contribution < -0.4 is 5.73 Å². The molecule has 2 rings (SSSR count). The normalized spacial score (nSPS) is 20.1. The van der Waals surface area contributed by atoms with Crippen molar-refractivity contribution in [2.24, 2.45) is 16.8 Å². The molecule has 1 atom stereocenters. The average molecular weight is 249 g/mol. The Labute approximate surface area is 105 Å². The van der Waals surface area contributed by atoms with Gasteiger partial charge >= 0.3 is 0 Å². The van der Waals surface area contributed by atoms with Gasteiger partial charge < -0.3 is 5.73 Å². The minimum atomic E-state index is -0.0288. The van der Waals surface area contributed by atoms with Gasteiger partial charge in [-0.05, 0) is 17.7 Å². The molecule has 0 aliphatic carbocycles. The molecule has 0 fully saturated rings. The van der Waals surface area contributed by atoms with Crippen molar-refractivity contribution in [2.45, 2.75) is 13.8 Å². The van der Waals surface area contributed by atoms with Crippen LogP contribution in [0.5, 0.6) is 0 Å². The summed E-state index contributed by atoms with van der Waals surface area (Å²) < 4.78 is 1.98. The first-order valence-electron chi connectivity index (χ1n) is 5.80. The number of hydrogen-bond donors (Lipinski definition) is 1. The summed E-state index contributed by atoms with van der Waals surface area (Å²) in [7, 11) is -0.0288. The van der Waals surface area contributed by atoms with Crippen molar-refractivity contribution in [1.29, 1.82) is 0 Å². The van der Waals surface area contributed by atoms with Gasteiger partial charge in [0.25, 0.3) is 0 Å². The molecule has 2 N–H and O–H groups in total. The maximum Gasteiger partial charge on any atom is 0.0946 e. The molecule has 0 radical (unpaired) electrons. The molecule has 1 aliphatic rings. The lowest BCUT2D eigenvalue weighted by Crippen LogP contribution is -2.18. The zero-order valence-electron chi connectivity index (χ0n) is 10.6. The van der Waals surface area contributed by atoms with E-state index in [0.29, 0.717) is 12.6 Å². The average Bonchev–Trinajstić information content (AvgIpc) is 2.67. The fourth-order valence-electron chi connectivity index (χ4n) is 1.92. The van der Waals surface area contributed by atoms with E-state index in [0.717, 1.165) is 0 Å². The van der Waals surface area contributed by atoms with Crippen LogP contribution in [0.1, 0.15) is 19.4 Å². The Balaban J connectivity index is 2.49. The predicted octanol–water partition coefficient (Wildman–Crippen LogP) is 2.26. The minimum Gasteiger partial charge on any atom is -0.312 e. The summed E-state index contributed by atoms with van der Waals surface area (Å²) in [5.74, 6) is 0.428. The molecule has 3 nitrogen and oxygen atoms in total. The van der Waals surface area contributed by atoms with Crippen molar-refractivity contribution in [2.75, 3.05) is 12.9 Å². The summed E-state index contributed by atoms with van der Waals surface area (Å²) in [6.45, 7) is 4.84. The standard InChI is InChI=1S/C13H19N3S/c1-10(2)12-13(11-7-5-4-6-8-11)17(3)16(9-14)15-12/h4-8,10H,9,14H2,1-3H3. The molecular formula is C13H19N3S. The van der Waals surface area contributed by atoms with Crippen LogP contribution in [0.25, 0.3) is 0 Å². The zero-order chi connectivity index (χ0) is 12.4. The summed E-state index contributed by atoms with van der Waals surface area (Å²) in [5.41, 5.74) is 8.18. The number of rotatable bonds is 3. The molecule has 4 heteroatoms. The topological polar surface area (TPSA) is 41.6 Å². The summed E-state index contributed by atoms with van der Waals surface area (Å²) in [5, 5.41) is 4.65. The summed E-state index contributed by atoms with van der Waals surface area (Å²) in [4.78, 5) is 1.34. The summed E-state index contributed by atoms with van der Waals surface area (Å²) in [6.07, 6.45) is 2.19. The van der Waals surface area contributed by atoms with Gasteiger partial charge in [-0.3, -0.25) is 0 Å². The Kier molecular flexibility index (Phi) is 3.64. The lowest BCUT2D eigenvalue weighted by atomic mass is 10.00. The van der Waals surface area contributed by atoms with Crippen LogP contribution in [0.3, 0.4) is 0 Å². The first-order chi connectivity index (χ1) is 8.15. The predicted molar refractivity (Wildman–Crippen MR) is 77.2 cm³/mol. The molecule has 1 unspecified atom stereocenters. The van der Waals surface area contributed by atoms with Crippen molar-refractivity contribution >= 4 is 21.2 Å². The SMILES string of the molecule is CC(C)C1=NN(CN)S(C)=C1c1ccccc1. The zero-order valence-corrected chi connectivity index (χ0v) is 11.4. The largest absolute Gasteiger partial charge is 0.312 e. The molecule has 0 saturated carbocycles. The van der Waals surface area contributed by atoms with Crippen molar-refractivity contribution in [3.05, 3.63) is 35.9 Å². The van der Waals surface area contributed by atoms with Crippen molar-refractivity contribution in [1.82, 2.24) is 4.41 Å².